The van der Waals surface area contributed by atoms with Crippen LogP contribution in [-0.2, 0) is 9.59 Å². The first kappa shape index (κ1) is 26.0. The van der Waals surface area contributed by atoms with Crippen molar-refractivity contribution in [1.82, 2.24) is 0 Å². The second kappa shape index (κ2) is 11.0. The quantitative estimate of drug-likeness (QED) is 0.155. The van der Waals surface area contributed by atoms with E-state index < -0.39 is 17.8 Å². The van der Waals surface area contributed by atoms with Crippen molar-refractivity contribution in [2.24, 2.45) is 0 Å². The summed E-state index contributed by atoms with van der Waals surface area (Å²) in [5.41, 5.74) is 2.86. The fourth-order valence-electron chi connectivity index (χ4n) is 4.01. The van der Waals surface area contributed by atoms with Gasteiger partial charge in [-0.1, -0.05) is 65.7 Å². The van der Waals surface area contributed by atoms with Gasteiger partial charge in [0.25, 0.3) is 11.8 Å². The molecular weight excluding hydrogens is 539 g/mol. The van der Waals surface area contributed by atoms with Crippen molar-refractivity contribution >= 4 is 52.4 Å². The molecule has 0 atom stereocenters. The van der Waals surface area contributed by atoms with Crippen molar-refractivity contribution < 1.29 is 23.9 Å². The molecule has 0 unspecified atom stereocenters. The molecule has 2 amide bonds. The van der Waals surface area contributed by atoms with Crippen LogP contribution in [0.3, 0.4) is 0 Å². The van der Waals surface area contributed by atoms with E-state index in [-0.39, 0.29) is 22.2 Å². The highest BCUT2D eigenvalue weighted by Crippen LogP contribution is 2.37. The summed E-state index contributed by atoms with van der Waals surface area (Å²) >= 11 is 12.3. The average molecular weight is 559 g/mol. The summed E-state index contributed by atoms with van der Waals surface area (Å²) in [5.74, 6) is -1.25. The number of amides is 2. The number of anilines is 2. The molecule has 0 aromatic heterocycles. The fourth-order valence-corrected chi connectivity index (χ4v) is 4.39. The molecule has 1 N–H and O–H groups in total. The first-order valence-corrected chi connectivity index (χ1v) is 12.5. The van der Waals surface area contributed by atoms with E-state index in [0.29, 0.717) is 22.0 Å². The van der Waals surface area contributed by atoms with E-state index in [9.17, 15) is 14.4 Å². The van der Waals surface area contributed by atoms with Crippen molar-refractivity contribution in [3.05, 3.63) is 118 Å². The minimum Gasteiger partial charge on any atom is -0.495 e. The predicted octanol–water partition coefficient (Wildman–Crippen LogP) is 6.67. The van der Waals surface area contributed by atoms with E-state index in [0.717, 1.165) is 16.0 Å². The van der Waals surface area contributed by atoms with Gasteiger partial charge in [0.05, 0.1) is 18.4 Å². The number of ether oxygens (including phenoxy) is 2. The van der Waals surface area contributed by atoms with Gasteiger partial charge in [0.15, 0.2) is 0 Å². The Balaban J connectivity index is 1.27. The van der Waals surface area contributed by atoms with E-state index in [4.69, 9.17) is 32.7 Å². The Morgan fingerprint density at radius 3 is 2.13 bits per heavy atom. The zero-order valence-electron chi connectivity index (χ0n) is 20.5. The summed E-state index contributed by atoms with van der Waals surface area (Å²) in [6.45, 7) is 0. The highest BCUT2D eigenvalue weighted by molar-refractivity contribution is 6.53. The molecule has 0 radical (unpaired) electrons. The molecule has 1 heterocycles. The molecule has 0 bridgehead atoms. The van der Waals surface area contributed by atoms with E-state index in [2.05, 4.69) is 5.32 Å². The summed E-state index contributed by atoms with van der Waals surface area (Å²) in [5, 5.41) is 2.90. The summed E-state index contributed by atoms with van der Waals surface area (Å²) in [6, 6.07) is 27.9. The van der Waals surface area contributed by atoms with E-state index >= 15 is 0 Å². The maximum absolute atomic E-state index is 13.1. The number of nitrogens with zero attached hydrogens (tertiary/aromatic N) is 1. The number of nitrogens with one attached hydrogen (secondary N) is 1. The first-order valence-electron chi connectivity index (χ1n) is 11.7. The number of carbonyl (C=O) groups excluding carboxylic acids is 3. The van der Waals surface area contributed by atoms with Gasteiger partial charge in [0, 0.05) is 10.7 Å². The van der Waals surface area contributed by atoms with Crippen LogP contribution in [0, 0.1) is 0 Å². The average Bonchev–Trinajstić information content (AvgIpc) is 3.17. The number of hydrogen-bond acceptors (Lipinski definition) is 6. The van der Waals surface area contributed by atoms with Crippen molar-refractivity contribution in [3.8, 4) is 22.6 Å². The smallest absolute Gasteiger partial charge is 0.343 e. The van der Waals surface area contributed by atoms with Gasteiger partial charge in [-0.05, 0) is 65.7 Å². The topological polar surface area (TPSA) is 84.9 Å². The third kappa shape index (κ3) is 5.36. The van der Waals surface area contributed by atoms with Crippen molar-refractivity contribution in [2.75, 3.05) is 17.3 Å². The Morgan fingerprint density at radius 2 is 1.46 bits per heavy atom. The third-order valence-electron chi connectivity index (χ3n) is 5.97. The van der Waals surface area contributed by atoms with Gasteiger partial charge in [-0.3, -0.25) is 9.59 Å². The molecule has 1 aliphatic rings. The van der Waals surface area contributed by atoms with Crippen LogP contribution in [0.4, 0.5) is 11.4 Å². The minimum absolute atomic E-state index is 0.113. The molecule has 0 aliphatic carbocycles. The van der Waals surface area contributed by atoms with Crippen molar-refractivity contribution in [2.45, 2.75) is 0 Å². The second-order valence-electron chi connectivity index (χ2n) is 8.43. The molecule has 9 heteroatoms. The number of methoxy groups -OCH3 is 1. The number of esters is 1. The summed E-state index contributed by atoms with van der Waals surface area (Å²) in [6.07, 6.45) is 0. The molecule has 7 nitrogen and oxygen atoms in total. The number of halogens is 2. The van der Waals surface area contributed by atoms with Gasteiger partial charge in [-0.2, -0.15) is 0 Å². The largest absolute Gasteiger partial charge is 0.495 e. The third-order valence-corrected chi connectivity index (χ3v) is 6.56. The lowest BCUT2D eigenvalue weighted by Gasteiger charge is -2.18. The normalized spacial score (nSPS) is 13.1. The lowest BCUT2D eigenvalue weighted by atomic mass is 10.1. The van der Waals surface area contributed by atoms with E-state index in [1.165, 1.54) is 25.3 Å². The minimum atomic E-state index is -0.719. The highest BCUT2D eigenvalue weighted by atomic mass is 35.5. The van der Waals surface area contributed by atoms with Crippen molar-refractivity contribution in [1.29, 1.82) is 0 Å². The SMILES string of the molecule is COc1ccc(Cl)cc1N1C(=O)C(Cl)=C(Nc2ccc(C(=O)Oc3ccc(-c4ccccc4)cc3)cc2)C1=O. The van der Waals surface area contributed by atoms with E-state index in [1.54, 1.807) is 36.4 Å². The van der Waals surface area contributed by atoms with Crippen molar-refractivity contribution in [3.63, 3.8) is 0 Å². The molecule has 39 heavy (non-hydrogen) atoms. The molecule has 4 aromatic carbocycles. The Bertz CT molecular complexity index is 1600. The molecule has 0 saturated carbocycles. The van der Waals surface area contributed by atoms with Crippen LogP contribution < -0.4 is 19.7 Å². The lowest BCUT2D eigenvalue weighted by Crippen LogP contribution is -2.32. The summed E-state index contributed by atoms with van der Waals surface area (Å²) in [4.78, 5) is 39.5. The standard InChI is InChI=1S/C30H20Cl2N2O5/c1-38-25-16-11-21(31)17-24(25)34-28(35)26(32)27(29(34)36)33-22-12-7-20(8-13-22)30(37)39-23-14-9-19(10-15-23)18-5-3-2-4-6-18/h2-17,33H,1H3. The summed E-state index contributed by atoms with van der Waals surface area (Å²) < 4.78 is 10.8. The predicted molar refractivity (Wildman–Crippen MR) is 150 cm³/mol. The molecule has 0 spiro atoms. The molecule has 1 aliphatic heterocycles. The van der Waals surface area contributed by atoms with Crippen LogP contribution in [0.15, 0.2) is 108 Å². The Kier molecular flexibility index (Phi) is 7.36. The monoisotopic (exact) mass is 558 g/mol. The second-order valence-corrected chi connectivity index (χ2v) is 9.25. The van der Waals surface area contributed by atoms with Gasteiger partial charge in [0.2, 0.25) is 0 Å². The molecule has 194 valence electrons. The van der Waals surface area contributed by atoms with Gasteiger partial charge >= 0.3 is 5.97 Å². The van der Waals surface area contributed by atoms with Gasteiger partial charge in [-0.25, -0.2) is 9.69 Å². The number of carbonyl (C=O) groups is 3. The number of rotatable bonds is 7. The van der Waals surface area contributed by atoms with E-state index in [1.807, 2.05) is 42.5 Å². The van der Waals surface area contributed by atoms with Crippen LogP contribution in [0.5, 0.6) is 11.5 Å². The first-order chi connectivity index (χ1) is 18.9. The molecular formula is C30H20Cl2N2O5. The Hall–Kier alpha value is -4.59. The highest BCUT2D eigenvalue weighted by Gasteiger charge is 2.40. The Morgan fingerprint density at radius 1 is 0.795 bits per heavy atom. The van der Waals surface area contributed by atoms with Gasteiger partial charge in [-0.15, -0.1) is 0 Å². The summed E-state index contributed by atoms with van der Waals surface area (Å²) in [7, 11) is 1.41. The molecule has 0 fully saturated rings. The molecule has 4 aromatic rings. The van der Waals surface area contributed by atoms with Crippen LogP contribution in [0.1, 0.15) is 10.4 Å². The maximum atomic E-state index is 13.1. The molecule has 0 saturated heterocycles. The fraction of sp³-hybridized carbons (Fsp3) is 0.0333. The zero-order chi connectivity index (χ0) is 27.5. The number of benzene rings is 4. The molecule has 5 rings (SSSR count). The Labute approximate surface area is 234 Å². The number of imide groups is 1. The van der Waals surface area contributed by atoms with Crippen LogP contribution in [0.25, 0.3) is 11.1 Å². The van der Waals surface area contributed by atoms with Crippen LogP contribution in [-0.4, -0.2) is 24.9 Å². The van der Waals surface area contributed by atoms with Crippen LogP contribution in [0.2, 0.25) is 5.02 Å². The zero-order valence-corrected chi connectivity index (χ0v) is 22.0. The van der Waals surface area contributed by atoms with Crippen LogP contribution >= 0.6 is 23.2 Å². The van der Waals surface area contributed by atoms with Gasteiger partial charge in [0.1, 0.15) is 22.2 Å². The van der Waals surface area contributed by atoms with Gasteiger partial charge < -0.3 is 14.8 Å². The lowest BCUT2D eigenvalue weighted by molar-refractivity contribution is -0.120. The number of hydrogen-bond donors (Lipinski definition) is 1. The maximum Gasteiger partial charge on any atom is 0.343 e.